The van der Waals surface area contributed by atoms with Gasteiger partial charge < -0.3 is 31.1 Å². The third-order valence-electron chi connectivity index (χ3n) is 5.52. The van der Waals surface area contributed by atoms with E-state index in [-0.39, 0.29) is 25.4 Å². The van der Waals surface area contributed by atoms with Crippen LogP contribution < -0.4 is 16.4 Å². The Hall–Kier alpha value is -3.14. The van der Waals surface area contributed by atoms with Crippen LogP contribution in [0.15, 0.2) is 18.2 Å². The predicted molar refractivity (Wildman–Crippen MR) is 142 cm³/mol. The number of hydrogen-bond acceptors (Lipinski definition) is 6. The molecule has 37 heavy (non-hydrogen) atoms. The maximum absolute atomic E-state index is 13.9. The lowest BCUT2D eigenvalue weighted by Crippen LogP contribution is -2.54. The number of ether oxygens (including phenoxy) is 1. The maximum atomic E-state index is 13.9. The molecule has 0 saturated heterocycles. The van der Waals surface area contributed by atoms with Gasteiger partial charge in [-0.2, -0.15) is 0 Å². The van der Waals surface area contributed by atoms with Crippen molar-refractivity contribution >= 4 is 23.8 Å². The summed E-state index contributed by atoms with van der Waals surface area (Å²) < 4.78 is 5.30. The molecule has 0 heterocycles. The van der Waals surface area contributed by atoms with Crippen LogP contribution in [0.5, 0.6) is 0 Å². The number of aliphatic hydroxyl groups excluding tert-OH is 1. The number of alkyl carbamates (subject to hydrolysis) is 1. The molecule has 4 amide bonds. The van der Waals surface area contributed by atoms with E-state index < -0.39 is 48.1 Å². The molecule has 0 saturated carbocycles. The quantitative estimate of drug-likeness (QED) is 0.314. The first-order valence-electron chi connectivity index (χ1n) is 12.8. The summed E-state index contributed by atoms with van der Waals surface area (Å²) in [5.41, 5.74) is 6.88. The Morgan fingerprint density at radius 3 is 2.14 bits per heavy atom. The summed E-state index contributed by atoms with van der Waals surface area (Å²) in [6.45, 7) is 12.1. The van der Waals surface area contributed by atoms with Crippen molar-refractivity contribution in [3.8, 4) is 0 Å². The number of nitrogens with two attached hydrogens (primary N) is 1. The topological polar surface area (TPSA) is 151 Å². The fourth-order valence-electron chi connectivity index (χ4n) is 4.14. The first kappa shape index (κ1) is 31.9. The monoisotopic (exact) mass is 520 g/mol. The van der Waals surface area contributed by atoms with Crippen LogP contribution in [-0.4, -0.2) is 64.7 Å². The Morgan fingerprint density at radius 2 is 1.65 bits per heavy atom. The van der Waals surface area contributed by atoms with E-state index in [1.54, 1.807) is 20.8 Å². The van der Waals surface area contributed by atoms with E-state index in [9.17, 15) is 24.3 Å². The highest BCUT2D eigenvalue weighted by atomic mass is 16.6. The fraction of sp³-hybridized carbons (Fsp3) is 0.630. The number of amides is 4. The second-order valence-corrected chi connectivity index (χ2v) is 10.5. The lowest BCUT2D eigenvalue weighted by molar-refractivity contribution is -0.143. The molecule has 0 aliphatic carbocycles. The summed E-state index contributed by atoms with van der Waals surface area (Å²) in [5, 5.41) is 15.4. The van der Waals surface area contributed by atoms with Crippen molar-refractivity contribution in [3.05, 3.63) is 34.9 Å². The van der Waals surface area contributed by atoms with Crippen molar-refractivity contribution in [3.63, 3.8) is 0 Å². The molecule has 3 unspecified atom stereocenters. The normalized spacial score (nSPS) is 13.7. The van der Waals surface area contributed by atoms with Gasteiger partial charge in [0.05, 0.1) is 6.61 Å². The third kappa shape index (κ3) is 11.2. The zero-order valence-corrected chi connectivity index (χ0v) is 23.2. The fourth-order valence-corrected chi connectivity index (χ4v) is 4.14. The van der Waals surface area contributed by atoms with E-state index in [0.29, 0.717) is 5.56 Å². The lowest BCUT2D eigenvalue weighted by atomic mass is 9.97. The molecule has 0 aliphatic heterocycles. The first-order chi connectivity index (χ1) is 17.2. The summed E-state index contributed by atoms with van der Waals surface area (Å²) in [6.07, 6.45) is 0.504. The van der Waals surface area contributed by atoms with Crippen molar-refractivity contribution in [2.45, 2.75) is 97.9 Å². The summed E-state index contributed by atoms with van der Waals surface area (Å²) in [4.78, 5) is 52.7. The van der Waals surface area contributed by atoms with Gasteiger partial charge in [-0.25, -0.2) is 4.79 Å². The molecular weight excluding hydrogens is 476 g/mol. The zero-order chi connectivity index (χ0) is 28.3. The summed E-state index contributed by atoms with van der Waals surface area (Å²) in [7, 11) is 0. The minimum atomic E-state index is -1.21. The van der Waals surface area contributed by atoms with Crippen molar-refractivity contribution < 1.29 is 29.0 Å². The summed E-state index contributed by atoms with van der Waals surface area (Å²) in [5.74, 6) is -1.68. The van der Waals surface area contributed by atoms with Crippen LogP contribution in [0.25, 0.3) is 0 Å². The number of benzene rings is 1. The number of nitrogens with zero attached hydrogens (tertiary/aromatic N) is 1. The molecule has 1 aromatic rings. The van der Waals surface area contributed by atoms with Gasteiger partial charge in [0.15, 0.2) is 0 Å². The second kappa shape index (κ2) is 14.6. The molecule has 1 rings (SSSR count). The Morgan fingerprint density at radius 1 is 1.05 bits per heavy atom. The van der Waals surface area contributed by atoms with Gasteiger partial charge in [0.2, 0.25) is 17.7 Å². The minimum absolute atomic E-state index is 0.0945. The molecule has 208 valence electrons. The van der Waals surface area contributed by atoms with E-state index >= 15 is 0 Å². The molecule has 10 nitrogen and oxygen atoms in total. The highest BCUT2D eigenvalue weighted by Gasteiger charge is 2.36. The Kier molecular flexibility index (Phi) is 12.6. The van der Waals surface area contributed by atoms with Gasteiger partial charge in [-0.05, 0) is 59.9 Å². The Balaban J connectivity index is 3.51. The van der Waals surface area contributed by atoms with Crippen LogP contribution in [0.2, 0.25) is 0 Å². The Bertz CT molecular complexity index is 923. The number of carbonyl (C=O) groups excluding carboxylic acids is 4. The SMILES string of the molecule is CCCC(C)NC(=O)C(c1cc(C)cc(C)c1)N(CCO)C(=O)C(CCC(N)=O)NC(=O)OC(C)(C)C. The van der Waals surface area contributed by atoms with Crippen molar-refractivity contribution in [1.29, 1.82) is 0 Å². The number of hydrogen-bond donors (Lipinski definition) is 4. The largest absolute Gasteiger partial charge is 0.444 e. The van der Waals surface area contributed by atoms with Gasteiger partial charge in [0, 0.05) is 19.0 Å². The molecule has 10 heteroatoms. The van der Waals surface area contributed by atoms with Gasteiger partial charge in [-0.1, -0.05) is 42.7 Å². The summed E-state index contributed by atoms with van der Waals surface area (Å²) in [6, 6.07) is 3.17. The van der Waals surface area contributed by atoms with Gasteiger partial charge in [0.25, 0.3) is 0 Å². The van der Waals surface area contributed by atoms with E-state index in [4.69, 9.17) is 10.5 Å². The molecule has 0 bridgehead atoms. The van der Waals surface area contributed by atoms with Gasteiger partial charge >= 0.3 is 6.09 Å². The molecular formula is C27H44N4O6. The first-order valence-corrected chi connectivity index (χ1v) is 12.8. The Labute approximate surface area is 220 Å². The highest BCUT2D eigenvalue weighted by molar-refractivity contribution is 5.92. The second-order valence-electron chi connectivity index (χ2n) is 10.5. The van der Waals surface area contributed by atoms with Crippen LogP contribution in [0.1, 0.15) is 83.0 Å². The van der Waals surface area contributed by atoms with Crippen molar-refractivity contribution in [2.24, 2.45) is 5.73 Å². The third-order valence-corrected chi connectivity index (χ3v) is 5.52. The molecule has 3 atom stereocenters. The molecule has 0 aliphatic rings. The number of rotatable bonds is 13. The van der Waals surface area contributed by atoms with E-state index in [0.717, 1.165) is 24.0 Å². The minimum Gasteiger partial charge on any atom is -0.444 e. The average molecular weight is 521 g/mol. The number of primary amides is 1. The summed E-state index contributed by atoms with van der Waals surface area (Å²) >= 11 is 0. The van der Waals surface area contributed by atoms with Crippen LogP contribution in [0, 0.1) is 13.8 Å². The smallest absolute Gasteiger partial charge is 0.408 e. The van der Waals surface area contributed by atoms with Crippen LogP contribution in [0.3, 0.4) is 0 Å². The molecule has 0 radical (unpaired) electrons. The molecule has 0 aromatic heterocycles. The van der Waals surface area contributed by atoms with E-state index in [1.165, 1.54) is 4.90 Å². The zero-order valence-electron chi connectivity index (χ0n) is 23.2. The molecule has 1 aromatic carbocycles. The van der Waals surface area contributed by atoms with Crippen molar-refractivity contribution in [2.75, 3.05) is 13.2 Å². The standard InChI is InChI=1S/C27H44N4O6/c1-8-9-19(4)29-24(34)23(20-15-17(2)14-18(3)16-20)31(12-13-32)25(35)21(10-11-22(28)33)30-26(36)37-27(5,6)7/h14-16,19,21,23,32H,8-13H2,1-7H3,(H2,28,33)(H,29,34)(H,30,36). The van der Waals surface area contributed by atoms with Gasteiger partial charge in [0.1, 0.15) is 17.7 Å². The van der Waals surface area contributed by atoms with Crippen LogP contribution in [-0.2, 0) is 19.1 Å². The lowest BCUT2D eigenvalue weighted by Gasteiger charge is -2.35. The average Bonchev–Trinajstić information content (AvgIpc) is 2.73. The number of carbonyl (C=O) groups is 4. The van der Waals surface area contributed by atoms with Gasteiger partial charge in [-0.3, -0.25) is 14.4 Å². The number of aryl methyl sites for hydroxylation is 2. The highest BCUT2D eigenvalue weighted by Crippen LogP contribution is 2.26. The molecule has 0 spiro atoms. The maximum Gasteiger partial charge on any atom is 0.408 e. The van der Waals surface area contributed by atoms with Crippen LogP contribution >= 0.6 is 0 Å². The molecule has 5 N–H and O–H groups in total. The van der Waals surface area contributed by atoms with E-state index in [2.05, 4.69) is 10.6 Å². The number of aliphatic hydroxyl groups is 1. The van der Waals surface area contributed by atoms with Crippen molar-refractivity contribution in [1.82, 2.24) is 15.5 Å². The van der Waals surface area contributed by atoms with E-state index in [1.807, 2.05) is 45.9 Å². The molecule has 0 fully saturated rings. The van der Waals surface area contributed by atoms with Crippen LogP contribution in [0.4, 0.5) is 4.79 Å². The van der Waals surface area contributed by atoms with Gasteiger partial charge in [-0.15, -0.1) is 0 Å². The predicted octanol–water partition coefficient (Wildman–Crippen LogP) is 2.63. The number of nitrogens with one attached hydrogen (secondary N) is 2.